The summed E-state index contributed by atoms with van der Waals surface area (Å²) in [5.74, 6) is 4.40. The van der Waals surface area contributed by atoms with Crippen LogP contribution in [0, 0.1) is 19.3 Å². The van der Waals surface area contributed by atoms with Crippen LogP contribution in [0.25, 0.3) is 0 Å². The van der Waals surface area contributed by atoms with Gasteiger partial charge in [-0.05, 0) is 55.6 Å². The van der Waals surface area contributed by atoms with Crippen molar-refractivity contribution in [1.29, 1.82) is 0 Å². The lowest BCUT2D eigenvalue weighted by Gasteiger charge is -2.42. The second kappa shape index (κ2) is 10.2. The van der Waals surface area contributed by atoms with Crippen LogP contribution in [0.15, 0.2) is 12.1 Å². The van der Waals surface area contributed by atoms with Crippen LogP contribution in [0.4, 0.5) is 0 Å². The third-order valence-electron chi connectivity index (χ3n) is 6.66. The molecule has 5 heteroatoms. The Morgan fingerprint density at radius 2 is 1.63 bits per heavy atom. The highest BCUT2D eigenvalue weighted by Gasteiger charge is 2.42. The van der Waals surface area contributed by atoms with Gasteiger partial charge in [0.2, 0.25) is 0 Å². The normalized spacial score (nSPS) is 17.4. The monoisotopic (exact) mass is 432 g/mol. The molecule has 30 heavy (non-hydrogen) atoms. The van der Waals surface area contributed by atoms with Crippen LogP contribution in [0.3, 0.4) is 0 Å². The molecule has 1 aromatic rings. The van der Waals surface area contributed by atoms with Crippen LogP contribution in [-0.4, -0.2) is 34.7 Å². The fourth-order valence-corrected chi connectivity index (χ4v) is 5.01. The van der Waals surface area contributed by atoms with Crippen LogP contribution in [0.2, 0.25) is 18.1 Å². The Morgan fingerprint density at radius 3 is 2.07 bits per heavy atom. The Balaban J connectivity index is 2.52. The van der Waals surface area contributed by atoms with Gasteiger partial charge in [-0.3, -0.25) is 0 Å². The third kappa shape index (κ3) is 5.81. The topological polar surface area (TPSA) is 36.9 Å². The Bertz CT molecular complexity index is 713. The molecule has 168 valence electrons. The molecule has 1 aromatic carbocycles. The lowest BCUT2D eigenvalue weighted by Crippen LogP contribution is -2.44. The zero-order chi connectivity index (χ0) is 22.5. The summed E-state index contributed by atoms with van der Waals surface area (Å²) in [6.07, 6.45) is 10.7. The molecule has 1 aliphatic carbocycles. The van der Waals surface area contributed by atoms with Gasteiger partial charge in [0.05, 0.1) is 32.5 Å². The van der Waals surface area contributed by atoms with Crippen LogP contribution in [-0.2, 0) is 9.16 Å². The number of benzene rings is 1. The Hall–Kier alpha value is -1.48. The standard InChI is InChI=1S/C25H40O4Si/c1-10-13-21(28-20-14-11-12-15-20)24(29-30(8,9)25(3,4)5)19-16-22(26-6)18(2)23(17-19)27-7/h1,16-17,20-21,24H,11-15H2,2-9H3/t21-,24?/m0/s1. The smallest absolute Gasteiger partial charge is 0.193 e. The van der Waals surface area contributed by atoms with E-state index in [9.17, 15) is 0 Å². The van der Waals surface area contributed by atoms with Crippen LogP contribution < -0.4 is 9.47 Å². The average Bonchev–Trinajstić information content (AvgIpc) is 3.18. The molecule has 0 aliphatic heterocycles. The summed E-state index contributed by atoms with van der Waals surface area (Å²) in [6.45, 7) is 13.3. The van der Waals surface area contributed by atoms with Crippen molar-refractivity contribution in [2.75, 3.05) is 14.2 Å². The lowest BCUT2D eigenvalue weighted by atomic mass is 9.99. The average molecular weight is 433 g/mol. The van der Waals surface area contributed by atoms with Crippen molar-refractivity contribution in [1.82, 2.24) is 0 Å². The summed E-state index contributed by atoms with van der Waals surface area (Å²) in [7, 11) is 1.27. The first-order valence-electron chi connectivity index (χ1n) is 11.0. The van der Waals surface area contributed by atoms with E-state index in [1.54, 1.807) is 14.2 Å². The summed E-state index contributed by atoms with van der Waals surface area (Å²) in [5, 5.41) is 0.0676. The second-order valence-electron chi connectivity index (χ2n) is 9.84. The first-order chi connectivity index (χ1) is 14.0. The van der Waals surface area contributed by atoms with Crippen LogP contribution >= 0.6 is 0 Å². The number of methoxy groups -OCH3 is 2. The molecule has 0 heterocycles. The van der Waals surface area contributed by atoms with Gasteiger partial charge in [-0.2, -0.15) is 0 Å². The van der Waals surface area contributed by atoms with E-state index in [1.165, 1.54) is 12.8 Å². The van der Waals surface area contributed by atoms with Gasteiger partial charge in [0.1, 0.15) is 11.5 Å². The predicted molar refractivity (Wildman–Crippen MR) is 126 cm³/mol. The maximum atomic E-state index is 6.96. The van der Waals surface area contributed by atoms with Crippen molar-refractivity contribution < 1.29 is 18.6 Å². The summed E-state index contributed by atoms with van der Waals surface area (Å²) in [6, 6.07) is 4.11. The van der Waals surface area contributed by atoms with E-state index in [4.69, 9.17) is 25.1 Å². The molecule has 0 amide bonds. The van der Waals surface area contributed by atoms with Gasteiger partial charge in [-0.15, -0.1) is 12.3 Å². The van der Waals surface area contributed by atoms with E-state index in [0.29, 0.717) is 6.42 Å². The van der Waals surface area contributed by atoms with E-state index >= 15 is 0 Å². The molecule has 0 bridgehead atoms. The first kappa shape index (κ1) is 24.8. The maximum Gasteiger partial charge on any atom is 0.193 e. The molecule has 0 aromatic heterocycles. The van der Waals surface area contributed by atoms with E-state index in [1.807, 2.05) is 6.92 Å². The van der Waals surface area contributed by atoms with E-state index in [2.05, 4.69) is 51.9 Å². The molecule has 1 saturated carbocycles. The number of hydrogen-bond acceptors (Lipinski definition) is 4. The van der Waals surface area contributed by atoms with Gasteiger partial charge in [0.25, 0.3) is 0 Å². The quantitative estimate of drug-likeness (QED) is 0.333. The van der Waals surface area contributed by atoms with Gasteiger partial charge in [0, 0.05) is 12.0 Å². The number of hydrogen-bond donors (Lipinski definition) is 0. The van der Waals surface area contributed by atoms with E-state index in [0.717, 1.165) is 35.5 Å². The lowest BCUT2D eigenvalue weighted by molar-refractivity contribution is -0.0682. The number of rotatable bonds is 9. The number of ether oxygens (including phenoxy) is 3. The Morgan fingerprint density at radius 1 is 1.10 bits per heavy atom. The third-order valence-corrected chi connectivity index (χ3v) is 11.1. The van der Waals surface area contributed by atoms with Crippen molar-refractivity contribution in [2.45, 2.75) is 96.2 Å². The minimum Gasteiger partial charge on any atom is -0.496 e. The highest BCUT2D eigenvalue weighted by atomic mass is 28.4. The Kier molecular flexibility index (Phi) is 8.44. The van der Waals surface area contributed by atoms with Gasteiger partial charge in [-0.25, -0.2) is 0 Å². The van der Waals surface area contributed by atoms with Crippen molar-refractivity contribution >= 4 is 8.32 Å². The van der Waals surface area contributed by atoms with E-state index < -0.39 is 8.32 Å². The predicted octanol–water partition coefficient (Wildman–Crippen LogP) is 6.43. The highest BCUT2D eigenvalue weighted by molar-refractivity contribution is 6.74. The van der Waals surface area contributed by atoms with Crippen molar-refractivity contribution in [2.24, 2.45) is 0 Å². The first-order valence-corrected chi connectivity index (χ1v) is 13.9. The molecule has 4 nitrogen and oxygen atoms in total. The largest absolute Gasteiger partial charge is 0.496 e. The molecular weight excluding hydrogens is 392 g/mol. The van der Waals surface area contributed by atoms with Gasteiger partial charge < -0.3 is 18.6 Å². The maximum absolute atomic E-state index is 6.96. The molecular formula is C25H40O4Si. The molecule has 0 saturated heterocycles. The molecule has 1 aliphatic rings. The summed E-state index contributed by atoms with van der Waals surface area (Å²) >= 11 is 0. The SMILES string of the molecule is C#CC[C@H](OC1CCCC1)C(O[Si](C)(C)C(C)(C)C)c1cc(OC)c(C)c(OC)c1. The zero-order valence-electron chi connectivity index (χ0n) is 20.1. The molecule has 0 radical (unpaired) electrons. The molecule has 1 fully saturated rings. The summed E-state index contributed by atoms with van der Waals surface area (Å²) in [4.78, 5) is 0. The van der Waals surface area contributed by atoms with Crippen LogP contribution in [0.5, 0.6) is 11.5 Å². The van der Waals surface area contributed by atoms with Gasteiger partial charge in [-0.1, -0.05) is 33.6 Å². The van der Waals surface area contributed by atoms with Gasteiger partial charge in [0.15, 0.2) is 8.32 Å². The molecule has 0 N–H and O–H groups in total. The van der Waals surface area contributed by atoms with Crippen molar-refractivity contribution in [3.63, 3.8) is 0 Å². The fourth-order valence-electron chi connectivity index (χ4n) is 3.74. The van der Waals surface area contributed by atoms with Crippen molar-refractivity contribution in [3.8, 4) is 23.8 Å². The summed E-state index contributed by atoms with van der Waals surface area (Å²) < 4.78 is 24.8. The molecule has 0 spiro atoms. The second-order valence-corrected chi connectivity index (χ2v) is 14.6. The minimum absolute atomic E-state index is 0.0676. The molecule has 2 atom stereocenters. The highest BCUT2D eigenvalue weighted by Crippen LogP contribution is 2.43. The molecule has 1 unspecified atom stereocenters. The van der Waals surface area contributed by atoms with Gasteiger partial charge >= 0.3 is 0 Å². The summed E-state index contributed by atoms with van der Waals surface area (Å²) in [5.41, 5.74) is 1.97. The number of terminal acetylenes is 1. The Labute approximate surface area is 184 Å². The molecule has 2 rings (SSSR count). The minimum atomic E-state index is -2.10. The zero-order valence-corrected chi connectivity index (χ0v) is 21.1. The fraction of sp³-hybridized carbons (Fsp3) is 0.680. The van der Waals surface area contributed by atoms with Crippen LogP contribution in [0.1, 0.15) is 70.1 Å². The van der Waals surface area contributed by atoms with Crippen molar-refractivity contribution in [3.05, 3.63) is 23.3 Å². The van der Waals surface area contributed by atoms with E-state index in [-0.39, 0.29) is 23.4 Å².